The largest absolute Gasteiger partial charge is 0.481 e. The predicted molar refractivity (Wildman–Crippen MR) is 66.8 cm³/mol. The van der Waals surface area contributed by atoms with Crippen LogP contribution in [0, 0.1) is 17.8 Å². The minimum atomic E-state index is -0.789. The van der Waals surface area contributed by atoms with Crippen LogP contribution in [0.15, 0.2) is 0 Å². The Labute approximate surface area is 116 Å². The number of carboxylic acids is 1. The molecule has 3 fully saturated rings. The van der Waals surface area contributed by atoms with Crippen LogP contribution in [0.1, 0.15) is 19.3 Å². The molecule has 0 radical (unpaired) electrons. The molecule has 1 saturated heterocycles. The van der Waals surface area contributed by atoms with Crippen molar-refractivity contribution >= 4 is 18.0 Å². The summed E-state index contributed by atoms with van der Waals surface area (Å²) in [6, 6.07) is -0.158. The van der Waals surface area contributed by atoms with E-state index in [0.717, 1.165) is 24.2 Å². The fourth-order valence-corrected chi connectivity index (χ4v) is 3.86. The number of imide groups is 1. The van der Waals surface area contributed by atoms with Gasteiger partial charge in [0, 0.05) is 6.04 Å². The van der Waals surface area contributed by atoms with Crippen molar-refractivity contribution in [1.82, 2.24) is 10.2 Å². The van der Waals surface area contributed by atoms with Crippen molar-refractivity contribution < 1.29 is 24.2 Å². The maximum atomic E-state index is 11.9. The number of ether oxygens (including phenoxy) is 1. The number of carbonyl (C=O) groups excluding carboxylic acids is 2. The smallest absolute Gasteiger partial charge is 0.416 e. The monoisotopic (exact) mass is 282 g/mol. The minimum absolute atomic E-state index is 0.00718. The summed E-state index contributed by atoms with van der Waals surface area (Å²) >= 11 is 0. The van der Waals surface area contributed by atoms with Crippen molar-refractivity contribution in [2.75, 3.05) is 19.7 Å². The highest BCUT2D eigenvalue weighted by Crippen LogP contribution is 2.48. The standard InChI is InChI=1S/C13H18N2O5/c16-9(15-3-4-20-13(15)19)6-14-11-8-2-1-7(5-8)10(11)12(17)18/h7-8,10-11,14H,1-6H2,(H,17,18). The first kappa shape index (κ1) is 13.4. The van der Waals surface area contributed by atoms with Crippen LogP contribution in [0.5, 0.6) is 0 Å². The van der Waals surface area contributed by atoms with Gasteiger partial charge in [-0.2, -0.15) is 0 Å². The molecular weight excluding hydrogens is 264 g/mol. The molecule has 2 amide bonds. The van der Waals surface area contributed by atoms with Gasteiger partial charge in [0.05, 0.1) is 19.0 Å². The van der Waals surface area contributed by atoms with Crippen LogP contribution in [-0.4, -0.2) is 53.7 Å². The van der Waals surface area contributed by atoms with E-state index in [4.69, 9.17) is 4.74 Å². The molecule has 7 heteroatoms. The summed E-state index contributed by atoms with van der Waals surface area (Å²) in [7, 11) is 0. The van der Waals surface area contributed by atoms with Crippen LogP contribution in [-0.2, 0) is 14.3 Å². The number of carbonyl (C=O) groups is 3. The molecule has 0 spiro atoms. The number of nitrogens with one attached hydrogen (secondary N) is 1. The third kappa shape index (κ3) is 2.15. The Kier molecular flexibility index (Phi) is 3.37. The Morgan fingerprint density at radius 2 is 2.10 bits per heavy atom. The van der Waals surface area contributed by atoms with Crippen molar-refractivity contribution in [3.05, 3.63) is 0 Å². The van der Waals surface area contributed by atoms with E-state index in [9.17, 15) is 19.5 Å². The molecule has 4 atom stereocenters. The summed E-state index contributed by atoms with van der Waals surface area (Å²) in [6.07, 6.45) is 2.30. The van der Waals surface area contributed by atoms with Gasteiger partial charge in [0.1, 0.15) is 6.61 Å². The predicted octanol–water partition coefficient (Wildman–Crippen LogP) is 0.0541. The van der Waals surface area contributed by atoms with Gasteiger partial charge in [-0.1, -0.05) is 0 Å². The Hall–Kier alpha value is -1.63. The lowest BCUT2D eigenvalue weighted by Crippen LogP contribution is -2.48. The van der Waals surface area contributed by atoms with Crippen molar-refractivity contribution in [2.24, 2.45) is 17.8 Å². The van der Waals surface area contributed by atoms with Gasteiger partial charge in [-0.25, -0.2) is 9.69 Å². The van der Waals surface area contributed by atoms with Crippen LogP contribution in [0.25, 0.3) is 0 Å². The van der Waals surface area contributed by atoms with Crippen molar-refractivity contribution in [2.45, 2.75) is 25.3 Å². The molecule has 1 heterocycles. The Morgan fingerprint density at radius 1 is 1.35 bits per heavy atom. The normalized spacial score (nSPS) is 35.4. The maximum absolute atomic E-state index is 11.9. The molecule has 2 N–H and O–H groups in total. The Balaban J connectivity index is 1.59. The summed E-state index contributed by atoms with van der Waals surface area (Å²) in [5.74, 6) is -0.990. The maximum Gasteiger partial charge on any atom is 0.416 e. The van der Waals surface area contributed by atoms with Crippen molar-refractivity contribution in [3.8, 4) is 0 Å². The highest BCUT2D eigenvalue weighted by molar-refractivity contribution is 5.94. The highest BCUT2D eigenvalue weighted by Gasteiger charge is 2.51. The van der Waals surface area contributed by atoms with E-state index < -0.39 is 18.0 Å². The first-order chi connectivity index (χ1) is 9.58. The number of carboxylic acid groups (broad SMARTS) is 1. The average molecular weight is 282 g/mol. The van der Waals surface area contributed by atoms with Gasteiger partial charge in [-0.05, 0) is 31.1 Å². The molecule has 0 aromatic heterocycles. The number of cyclic esters (lactones) is 1. The van der Waals surface area contributed by atoms with Crippen LogP contribution in [0.3, 0.4) is 0 Å². The fraction of sp³-hybridized carbons (Fsp3) is 0.769. The molecule has 1 aliphatic heterocycles. The highest BCUT2D eigenvalue weighted by atomic mass is 16.6. The molecule has 2 saturated carbocycles. The lowest BCUT2D eigenvalue weighted by molar-refractivity contribution is -0.144. The molecule has 7 nitrogen and oxygen atoms in total. The van der Waals surface area contributed by atoms with Gasteiger partial charge in [-0.15, -0.1) is 0 Å². The zero-order chi connectivity index (χ0) is 14.3. The molecule has 20 heavy (non-hydrogen) atoms. The SMILES string of the molecule is O=C(O)C1C2CCC(C2)C1NCC(=O)N1CCOC1=O. The topological polar surface area (TPSA) is 95.9 Å². The second kappa shape index (κ2) is 5.05. The molecular formula is C13H18N2O5. The third-order valence-electron chi connectivity index (χ3n) is 4.75. The second-order valence-corrected chi connectivity index (χ2v) is 5.76. The number of hydrogen-bond acceptors (Lipinski definition) is 5. The second-order valence-electron chi connectivity index (χ2n) is 5.76. The molecule has 3 rings (SSSR count). The zero-order valence-electron chi connectivity index (χ0n) is 11.1. The van der Waals surface area contributed by atoms with Gasteiger partial charge >= 0.3 is 12.1 Å². The number of hydrogen-bond donors (Lipinski definition) is 2. The summed E-state index contributed by atoms with van der Waals surface area (Å²) in [4.78, 5) is 35.6. The van der Waals surface area contributed by atoms with E-state index in [2.05, 4.69) is 5.32 Å². The van der Waals surface area contributed by atoms with Crippen molar-refractivity contribution in [1.29, 1.82) is 0 Å². The van der Waals surface area contributed by atoms with Gasteiger partial charge < -0.3 is 15.2 Å². The summed E-state index contributed by atoms with van der Waals surface area (Å²) in [5.41, 5.74) is 0. The molecule has 2 aliphatic carbocycles. The first-order valence-electron chi connectivity index (χ1n) is 7.01. The molecule has 0 aromatic carbocycles. The van der Waals surface area contributed by atoms with Gasteiger partial charge in [0.25, 0.3) is 0 Å². The van der Waals surface area contributed by atoms with E-state index in [0.29, 0.717) is 5.92 Å². The number of fused-ring (bicyclic) bond motifs is 2. The molecule has 0 aromatic rings. The van der Waals surface area contributed by atoms with Crippen LogP contribution in [0.2, 0.25) is 0 Å². The van der Waals surface area contributed by atoms with E-state index in [-0.39, 0.29) is 37.6 Å². The number of nitrogens with zero attached hydrogens (tertiary/aromatic N) is 1. The lowest BCUT2D eigenvalue weighted by Gasteiger charge is -2.29. The molecule has 3 aliphatic rings. The number of rotatable bonds is 4. The van der Waals surface area contributed by atoms with E-state index in [1.807, 2.05) is 0 Å². The molecule has 2 bridgehead atoms. The number of amides is 2. The van der Waals surface area contributed by atoms with Gasteiger partial charge in [-0.3, -0.25) is 9.59 Å². The minimum Gasteiger partial charge on any atom is -0.481 e. The summed E-state index contributed by atoms with van der Waals surface area (Å²) in [5, 5.41) is 12.4. The average Bonchev–Trinajstić information content (AvgIpc) is 3.09. The Morgan fingerprint density at radius 3 is 2.75 bits per heavy atom. The number of aliphatic carboxylic acids is 1. The Bertz CT molecular complexity index is 452. The fourth-order valence-electron chi connectivity index (χ4n) is 3.86. The van der Waals surface area contributed by atoms with Crippen molar-refractivity contribution in [3.63, 3.8) is 0 Å². The van der Waals surface area contributed by atoms with Gasteiger partial charge in [0.15, 0.2) is 0 Å². The van der Waals surface area contributed by atoms with Crippen LogP contribution >= 0.6 is 0 Å². The first-order valence-corrected chi connectivity index (χ1v) is 7.01. The zero-order valence-corrected chi connectivity index (χ0v) is 11.1. The summed E-state index contributed by atoms with van der Waals surface area (Å²) in [6.45, 7) is 0.502. The van der Waals surface area contributed by atoms with Gasteiger partial charge in [0.2, 0.25) is 5.91 Å². The van der Waals surface area contributed by atoms with Crippen LogP contribution in [0.4, 0.5) is 4.79 Å². The molecule has 110 valence electrons. The van der Waals surface area contributed by atoms with E-state index in [1.54, 1.807) is 0 Å². The van der Waals surface area contributed by atoms with Crippen LogP contribution < -0.4 is 5.32 Å². The molecule has 4 unspecified atom stereocenters. The summed E-state index contributed by atoms with van der Waals surface area (Å²) < 4.78 is 4.71. The van der Waals surface area contributed by atoms with E-state index in [1.165, 1.54) is 0 Å². The van der Waals surface area contributed by atoms with E-state index >= 15 is 0 Å². The third-order valence-corrected chi connectivity index (χ3v) is 4.75. The lowest BCUT2D eigenvalue weighted by atomic mass is 9.84. The quantitative estimate of drug-likeness (QED) is 0.756.